The van der Waals surface area contributed by atoms with Crippen molar-refractivity contribution in [3.63, 3.8) is 0 Å². The standard InChI is InChI=1S/C24H15Cl2N3O3/c25-16-5-3-14(4-6-16)13-29-19-8-7-17(30)10-18(19)21(23(29)26)22(31)24-28-12-20(32-24)15-2-1-9-27-11-15/h1-12,30H,13H2. The number of phenolic OH excluding ortho intramolecular Hbond substituents is 1. The summed E-state index contributed by atoms with van der Waals surface area (Å²) in [5.74, 6) is -0.129. The lowest BCUT2D eigenvalue weighted by molar-refractivity contribution is 0.100. The third kappa shape index (κ3) is 3.64. The highest BCUT2D eigenvalue weighted by Gasteiger charge is 2.26. The van der Waals surface area contributed by atoms with E-state index in [1.54, 1.807) is 47.3 Å². The van der Waals surface area contributed by atoms with Gasteiger partial charge in [-0.05, 0) is 48.0 Å². The number of halogens is 2. The van der Waals surface area contributed by atoms with Crippen molar-refractivity contribution in [1.29, 1.82) is 0 Å². The highest BCUT2D eigenvalue weighted by molar-refractivity contribution is 6.36. The molecule has 0 fully saturated rings. The normalized spacial score (nSPS) is 11.2. The second-order valence-electron chi connectivity index (χ2n) is 7.18. The number of ketones is 1. The Labute approximate surface area is 192 Å². The highest BCUT2D eigenvalue weighted by atomic mass is 35.5. The number of hydrogen-bond acceptors (Lipinski definition) is 5. The van der Waals surface area contributed by atoms with Gasteiger partial charge in [0.1, 0.15) is 10.9 Å². The number of aromatic hydroxyl groups is 1. The van der Waals surface area contributed by atoms with Gasteiger partial charge in [-0.1, -0.05) is 35.3 Å². The molecule has 6 nitrogen and oxygen atoms in total. The SMILES string of the molecule is O=C(c1ncc(-c2cccnc2)o1)c1c(Cl)n(Cc2ccc(Cl)cc2)c2ccc(O)cc12. The molecule has 5 aromatic rings. The van der Waals surface area contributed by atoms with Crippen molar-refractivity contribution in [2.75, 3.05) is 0 Å². The van der Waals surface area contributed by atoms with Crippen molar-refractivity contribution >= 4 is 39.9 Å². The van der Waals surface area contributed by atoms with Crippen LogP contribution < -0.4 is 0 Å². The summed E-state index contributed by atoms with van der Waals surface area (Å²) >= 11 is 12.7. The van der Waals surface area contributed by atoms with Crippen LogP contribution in [0.4, 0.5) is 0 Å². The summed E-state index contributed by atoms with van der Waals surface area (Å²) in [4.78, 5) is 21.6. The van der Waals surface area contributed by atoms with Crippen LogP contribution in [-0.4, -0.2) is 25.4 Å². The summed E-state index contributed by atoms with van der Waals surface area (Å²) in [6.45, 7) is 0.414. The number of phenols is 1. The first-order valence-corrected chi connectivity index (χ1v) is 10.4. The molecule has 5 rings (SSSR count). The number of rotatable bonds is 5. The highest BCUT2D eigenvalue weighted by Crippen LogP contribution is 2.35. The van der Waals surface area contributed by atoms with Crippen molar-refractivity contribution in [2.45, 2.75) is 6.54 Å². The van der Waals surface area contributed by atoms with Gasteiger partial charge in [-0.3, -0.25) is 9.78 Å². The van der Waals surface area contributed by atoms with Crippen molar-refractivity contribution < 1.29 is 14.3 Å². The first kappa shape index (κ1) is 20.3. The van der Waals surface area contributed by atoms with Gasteiger partial charge in [-0.15, -0.1) is 0 Å². The Hall–Kier alpha value is -3.61. The lowest BCUT2D eigenvalue weighted by Gasteiger charge is -2.08. The Kier molecular flexibility index (Phi) is 5.17. The number of pyridine rings is 1. The summed E-state index contributed by atoms with van der Waals surface area (Å²) in [5, 5.41) is 11.4. The smallest absolute Gasteiger partial charge is 0.268 e. The second-order valence-corrected chi connectivity index (χ2v) is 7.97. The average Bonchev–Trinajstić information content (AvgIpc) is 3.39. The maximum absolute atomic E-state index is 13.4. The molecule has 0 aliphatic carbocycles. The largest absolute Gasteiger partial charge is 0.508 e. The molecule has 1 N–H and O–H groups in total. The summed E-state index contributed by atoms with van der Waals surface area (Å²) in [6.07, 6.45) is 4.74. The summed E-state index contributed by atoms with van der Waals surface area (Å²) in [7, 11) is 0. The molecule has 0 aliphatic heterocycles. The van der Waals surface area contributed by atoms with Crippen LogP contribution in [0.25, 0.3) is 22.2 Å². The van der Waals surface area contributed by atoms with Crippen LogP contribution in [-0.2, 0) is 6.54 Å². The van der Waals surface area contributed by atoms with Gasteiger partial charge in [0.15, 0.2) is 5.76 Å². The maximum Gasteiger partial charge on any atom is 0.268 e. The van der Waals surface area contributed by atoms with Gasteiger partial charge in [-0.25, -0.2) is 4.98 Å². The van der Waals surface area contributed by atoms with Crippen molar-refractivity contribution in [1.82, 2.24) is 14.5 Å². The lowest BCUT2D eigenvalue weighted by atomic mass is 10.1. The van der Waals surface area contributed by atoms with E-state index in [1.807, 2.05) is 18.2 Å². The molecule has 158 valence electrons. The molecule has 0 atom stereocenters. The van der Waals surface area contributed by atoms with Gasteiger partial charge in [0.2, 0.25) is 0 Å². The van der Waals surface area contributed by atoms with Gasteiger partial charge in [0.05, 0.1) is 17.3 Å². The fourth-order valence-electron chi connectivity index (χ4n) is 3.58. The number of nitrogens with zero attached hydrogens (tertiary/aromatic N) is 3. The van der Waals surface area contributed by atoms with Gasteiger partial charge in [0.25, 0.3) is 11.7 Å². The van der Waals surface area contributed by atoms with Crippen molar-refractivity contribution in [3.05, 3.63) is 100 Å². The average molecular weight is 464 g/mol. The predicted molar refractivity (Wildman–Crippen MR) is 122 cm³/mol. The van der Waals surface area contributed by atoms with Gasteiger partial charge >= 0.3 is 0 Å². The van der Waals surface area contributed by atoms with E-state index in [0.29, 0.717) is 33.8 Å². The van der Waals surface area contributed by atoms with Gasteiger partial charge in [-0.2, -0.15) is 0 Å². The molecule has 0 amide bonds. The molecule has 0 saturated heterocycles. The number of hydrogen-bond donors (Lipinski definition) is 1. The Morgan fingerprint density at radius 2 is 1.88 bits per heavy atom. The van der Waals surface area contributed by atoms with E-state index in [2.05, 4.69) is 9.97 Å². The molecule has 2 aromatic carbocycles. The van der Waals surface area contributed by atoms with Crippen molar-refractivity contribution in [3.8, 4) is 17.1 Å². The molecule has 0 aliphatic rings. The molecule has 32 heavy (non-hydrogen) atoms. The zero-order valence-corrected chi connectivity index (χ0v) is 18.0. The van der Waals surface area contributed by atoms with Crippen LogP contribution in [0, 0.1) is 0 Å². The molecule has 8 heteroatoms. The Bertz CT molecular complexity index is 1440. The molecular formula is C24H15Cl2N3O3. The van der Waals surface area contributed by atoms with Crippen LogP contribution >= 0.6 is 23.2 Å². The van der Waals surface area contributed by atoms with E-state index in [0.717, 1.165) is 5.56 Å². The summed E-state index contributed by atoms with van der Waals surface area (Å²) in [6, 6.07) is 15.7. The predicted octanol–water partition coefficient (Wildman–Crippen LogP) is 5.98. The van der Waals surface area contributed by atoms with Crippen LogP contribution in [0.1, 0.15) is 21.8 Å². The molecule has 0 bridgehead atoms. The van der Waals surface area contributed by atoms with E-state index in [9.17, 15) is 9.90 Å². The Morgan fingerprint density at radius 3 is 2.62 bits per heavy atom. The number of carbonyl (C=O) groups is 1. The number of benzene rings is 2. The molecule has 0 unspecified atom stereocenters. The summed E-state index contributed by atoms with van der Waals surface area (Å²) < 4.78 is 7.52. The third-order valence-corrected chi connectivity index (χ3v) is 5.76. The minimum Gasteiger partial charge on any atom is -0.508 e. The first-order valence-electron chi connectivity index (χ1n) is 9.67. The van der Waals surface area contributed by atoms with E-state index in [4.69, 9.17) is 27.6 Å². The number of carbonyl (C=O) groups excluding carboxylic acids is 1. The minimum absolute atomic E-state index is 0.0234. The third-order valence-electron chi connectivity index (χ3n) is 5.11. The molecule has 0 radical (unpaired) electrons. The van der Waals surface area contributed by atoms with Gasteiger partial charge < -0.3 is 14.1 Å². The van der Waals surface area contributed by atoms with Crippen molar-refractivity contribution in [2.24, 2.45) is 0 Å². The van der Waals surface area contributed by atoms with E-state index < -0.39 is 5.78 Å². The molecule has 0 spiro atoms. The van der Waals surface area contributed by atoms with E-state index in [-0.39, 0.29) is 22.4 Å². The summed E-state index contributed by atoms with van der Waals surface area (Å²) in [5.41, 5.74) is 2.57. The fraction of sp³-hybridized carbons (Fsp3) is 0.0417. The van der Waals surface area contributed by atoms with Crippen LogP contribution in [0.2, 0.25) is 10.2 Å². The molecule has 0 saturated carbocycles. The molecule has 3 aromatic heterocycles. The molecule has 3 heterocycles. The topological polar surface area (TPSA) is 81.2 Å². The first-order chi connectivity index (χ1) is 15.5. The maximum atomic E-state index is 13.4. The van der Waals surface area contributed by atoms with Crippen LogP contribution in [0.15, 0.2) is 77.6 Å². The van der Waals surface area contributed by atoms with Crippen LogP contribution in [0.3, 0.4) is 0 Å². The second kappa shape index (κ2) is 8.15. The van der Waals surface area contributed by atoms with E-state index in [1.165, 1.54) is 12.3 Å². The zero-order valence-electron chi connectivity index (χ0n) is 16.5. The number of aromatic nitrogens is 3. The minimum atomic E-state index is -0.476. The Morgan fingerprint density at radius 1 is 1.06 bits per heavy atom. The number of fused-ring (bicyclic) bond motifs is 1. The van der Waals surface area contributed by atoms with Crippen LogP contribution in [0.5, 0.6) is 5.75 Å². The quantitative estimate of drug-likeness (QED) is 0.324. The zero-order chi connectivity index (χ0) is 22.2. The van der Waals surface area contributed by atoms with Gasteiger partial charge in [0, 0.05) is 34.9 Å². The molecular weight excluding hydrogens is 449 g/mol. The Balaban J connectivity index is 1.60. The van der Waals surface area contributed by atoms with E-state index >= 15 is 0 Å². The lowest BCUT2D eigenvalue weighted by Crippen LogP contribution is -2.04. The fourth-order valence-corrected chi connectivity index (χ4v) is 4.05. The monoisotopic (exact) mass is 463 g/mol. The number of oxazole rings is 1.